The summed E-state index contributed by atoms with van der Waals surface area (Å²) in [5.74, 6) is 0.184. The Labute approximate surface area is 66.4 Å². The first-order valence-electron chi connectivity index (χ1n) is 3.95. The summed E-state index contributed by atoms with van der Waals surface area (Å²) in [4.78, 5) is 10.8. The second-order valence-corrected chi connectivity index (χ2v) is 3.30. The molecular weight excluding hydrogens is 144 g/mol. The molecule has 0 radical (unpaired) electrons. The van der Waals surface area contributed by atoms with E-state index in [4.69, 9.17) is 9.84 Å². The van der Waals surface area contributed by atoms with Gasteiger partial charge in [-0.05, 0) is 0 Å². The summed E-state index contributed by atoms with van der Waals surface area (Å²) in [6, 6.07) is 0. The van der Waals surface area contributed by atoms with E-state index in [1.165, 1.54) is 0 Å². The second-order valence-electron chi connectivity index (χ2n) is 3.30. The molecule has 3 heteroatoms. The van der Waals surface area contributed by atoms with Gasteiger partial charge in [0.25, 0.3) is 0 Å². The number of ether oxygens (including phenoxy) is 1. The Kier molecular flexibility index (Phi) is 2.49. The van der Waals surface area contributed by atoms with Gasteiger partial charge in [0, 0.05) is 18.4 Å². The largest absolute Gasteiger partial charge is 0.462 e. The summed E-state index contributed by atoms with van der Waals surface area (Å²) >= 11 is 0. The Balaban J connectivity index is 2.52. The molecule has 11 heavy (non-hydrogen) atoms. The van der Waals surface area contributed by atoms with E-state index in [1.54, 1.807) is 0 Å². The lowest BCUT2D eigenvalue weighted by atomic mass is 9.94. The van der Waals surface area contributed by atoms with E-state index in [-0.39, 0.29) is 30.5 Å². The molecule has 1 aliphatic heterocycles. The fourth-order valence-corrected chi connectivity index (χ4v) is 1.48. The van der Waals surface area contributed by atoms with Crippen molar-refractivity contribution in [2.45, 2.75) is 26.4 Å². The first-order chi connectivity index (χ1) is 5.15. The molecule has 1 N–H and O–H groups in total. The van der Waals surface area contributed by atoms with Crippen molar-refractivity contribution in [1.82, 2.24) is 0 Å². The maximum Gasteiger partial charge on any atom is 0.306 e. The van der Waals surface area contributed by atoms with Gasteiger partial charge in [0.1, 0.15) is 6.10 Å². The standard InChI is InChI=1S/C8H14O3/c1-5-3-7(10)11-8(5)6(2)4-9/h5-6,8-9H,3-4H2,1-2H3/t5-,6+,8-/m0/s1. The summed E-state index contributed by atoms with van der Waals surface area (Å²) in [7, 11) is 0. The second kappa shape index (κ2) is 3.22. The van der Waals surface area contributed by atoms with Crippen LogP contribution in [-0.4, -0.2) is 23.8 Å². The van der Waals surface area contributed by atoms with Gasteiger partial charge in [-0.3, -0.25) is 4.79 Å². The lowest BCUT2D eigenvalue weighted by Gasteiger charge is -2.18. The highest BCUT2D eigenvalue weighted by atomic mass is 16.6. The zero-order chi connectivity index (χ0) is 8.43. The molecule has 0 aromatic heterocycles. The molecule has 0 saturated carbocycles. The molecule has 3 atom stereocenters. The smallest absolute Gasteiger partial charge is 0.306 e. The van der Waals surface area contributed by atoms with Crippen LogP contribution >= 0.6 is 0 Å². The van der Waals surface area contributed by atoms with Gasteiger partial charge in [0.15, 0.2) is 0 Å². The molecule has 0 amide bonds. The zero-order valence-electron chi connectivity index (χ0n) is 6.91. The minimum Gasteiger partial charge on any atom is -0.462 e. The molecule has 0 spiro atoms. The molecule has 3 nitrogen and oxygen atoms in total. The number of cyclic esters (lactones) is 1. The molecule has 1 aliphatic rings. The van der Waals surface area contributed by atoms with Gasteiger partial charge in [-0.2, -0.15) is 0 Å². The third-order valence-electron chi connectivity index (χ3n) is 2.17. The van der Waals surface area contributed by atoms with E-state index in [9.17, 15) is 4.79 Å². The fourth-order valence-electron chi connectivity index (χ4n) is 1.48. The fraction of sp³-hybridized carbons (Fsp3) is 0.875. The van der Waals surface area contributed by atoms with Gasteiger partial charge in [-0.25, -0.2) is 0 Å². The Hall–Kier alpha value is -0.570. The number of esters is 1. The van der Waals surface area contributed by atoms with Crippen molar-refractivity contribution < 1.29 is 14.6 Å². The first-order valence-corrected chi connectivity index (χ1v) is 3.95. The Bertz CT molecular complexity index is 155. The van der Waals surface area contributed by atoms with Gasteiger partial charge in [-0.15, -0.1) is 0 Å². The van der Waals surface area contributed by atoms with Gasteiger partial charge in [0.05, 0.1) is 6.42 Å². The van der Waals surface area contributed by atoms with Crippen LogP contribution in [-0.2, 0) is 9.53 Å². The third kappa shape index (κ3) is 1.71. The molecule has 0 bridgehead atoms. The highest BCUT2D eigenvalue weighted by Crippen LogP contribution is 2.26. The van der Waals surface area contributed by atoms with Crippen LogP contribution in [0.3, 0.4) is 0 Å². The van der Waals surface area contributed by atoms with E-state index >= 15 is 0 Å². The van der Waals surface area contributed by atoms with E-state index < -0.39 is 0 Å². The highest BCUT2D eigenvalue weighted by Gasteiger charge is 2.34. The van der Waals surface area contributed by atoms with E-state index in [0.29, 0.717) is 6.42 Å². The number of aliphatic hydroxyl groups excluding tert-OH is 1. The molecule has 0 aromatic carbocycles. The molecule has 0 aromatic rings. The maximum atomic E-state index is 10.8. The average molecular weight is 158 g/mol. The molecule has 0 aliphatic carbocycles. The van der Waals surface area contributed by atoms with E-state index in [2.05, 4.69) is 0 Å². The van der Waals surface area contributed by atoms with Crippen LogP contribution in [0.1, 0.15) is 20.3 Å². The quantitative estimate of drug-likeness (QED) is 0.597. The van der Waals surface area contributed by atoms with Gasteiger partial charge < -0.3 is 9.84 Å². The van der Waals surface area contributed by atoms with Gasteiger partial charge in [0.2, 0.25) is 0 Å². The number of hydrogen-bond donors (Lipinski definition) is 1. The van der Waals surface area contributed by atoms with E-state index in [1.807, 2.05) is 13.8 Å². The molecule has 1 fully saturated rings. The van der Waals surface area contributed by atoms with Crippen molar-refractivity contribution >= 4 is 5.97 Å². The number of carbonyl (C=O) groups excluding carboxylic acids is 1. The zero-order valence-corrected chi connectivity index (χ0v) is 6.91. The number of rotatable bonds is 2. The van der Waals surface area contributed by atoms with E-state index in [0.717, 1.165) is 0 Å². The van der Waals surface area contributed by atoms with Crippen LogP contribution in [0, 0.1) is 11.8 Å². The number of aliphatic hydroxyl groups is 1. The van der Waals surface area contributed by atoms with Crippen LogP contribution in [0.15, 0.2) is 0 Å². The topological polar surface area (TPSA) is 46.5 Å². The summed E-state index contributed by atoms with van der Waals surface area (Å²) in [5.41, 5.74) is 0. The first kappa shape index (κ1) is 8.53. The molecule has 64 valence electrons. The summed E-state index contributed by atoms with van der Waals surface area (Å²) < 4.78 is 5.03. The molecule has 1 rings (SSSR count). The van der Waals surface area contributed by atoms with Crippen molar-refractivity contribution in [2.75, 3.05) is 6.61 Å². The maximum absolute atomic E-state index is 10.8. The van der Waals surface area contributed by atoms with Crippen molar-refractivity contribution in [1.29, 1.82) is 0 Å². The van der Waals surface area contributed by atoms with Crippen molar-refractivity contribution in [3.63, 3.8) is 0 Å². The monoisotopic (exact) mass is 158 g/mol. The lowest BCUT2D eigenvalue weighted by molar-refractivity contribution is -0.143. The molecular formula is C8H14O3. The summed E-state index contributed by atoms with van der Waals surface area (Å²) in [6.07, 6.45) is 0.419. The van der Waals surface area contributed by atoms with Gasteiger partial charge in [-0.1, -0.05) is 13.8 Å². The molecule has 0 unspecified atom stereocenters. The average Bonchev–Trinajstić information content (AvgIpc) is 2.28. The Morgan fingerprint density at radius 3 is 2.82 bits per heavy atom. The van der Waals surface area contributed by atoms with Crippen LogP contribution in [0.25, 0.3) is 0 Å². The molecule has 1 heterocycles. The minimum absolute atomic E-state index is 0.0662. The number of carbonyl (C=O) groups is 1. The third-order valence-corrected chi connectivity index (χ3v) is 2.17. The SMILES string of the molecule is C[C@H](CO)[C@H]1OC(=O)C[C@@H]1C. The van der Waals surface area contributed by atoms with Crippen molar-refractivity contribution in [2.24, 2.45) is 11.8 Å². The predicted octanol–water partition coefficient (Wildman–Crippen LogP) is 0.566. The summed E-state index contributed by atoms with van der Waals surface area (Å²) in [5, 5.41) is 8.81. The normalized spacial score (nSPS) is 33.5. The van der Waals surface area contributed by atoms with Crippen LogP contribution < -0.4 is 0 Å². The van der Waals surface area contributed by atoms with Gasteiger partial charge >= 0.3 is 5.97 Å². The minimum atomic E-state index is -0.136. The Morgan fingerprint density at radius 2 is 2.45 bits per heavy atom. The molecule has 1 saturated heterocycles. The van der Waals surface area contributed by atoms with Crippen LogP contribution in [0.2, 0.25) is 0 Å². The van der Waals surface area contributed by atoms with Crippen LogP contribution in [0.4, 0.5) is 0 Å². The lowest BCUT2D eigenvalue weighted by Crippen LogP contribution is -2.25. The number of hydrogen-bond acceptors (Lipinski definition) is 3. The summed E-state index contributed by atoms with van der Waals surface area (Å²) in [6.45, 7) is 3.95. The van der Waals surface area contributed by atoms with Crippen molar-refractivity contribution in [3.05, 3.63) is 0 Å². The van der Waals surface area contributed by atoms with Crippen LogP contribution in [0.5, 0.6) is 0 Å². The highest BCUT2D eigenvalue weighted by molar-refractivity contribution is 5.72. The Morgan fingerprint density at radius 1 is 1.82 bits per heavy atom. The van der Waals surface area contributed by atoms with Crippen molar-refractivity contribution in [3.8, 4) is 0 Å². The predicted molar refractivity (Wildman–Crippen MR) is 39.9 cm³/mol.